The number of nitrogens with zero attached hydrogens (tertiary/aromatic N) is 2. The standard InChI is InChI=1S/C15H21ClN2O4/c1-2-22-15(19)9-11-5-7-17(8-6-11)13-4-3-12(16)10-14(13)18(20)21/h3-4,10-11,20-21H,2,5-9H2,1H3. The number of rotatable bonds is 5. The first-order valence-corrected chi connectivity index (χ1v) is 7.77. The second kappa shape index (κ2) is 7.67. The third kappa shape index (κ3) is 4.25. The summed E-state index contributed by atoms with van der Waals surface area (Å²) in [5.41, 5.74) is 0.959. The Morgan fingerprint density at radius 2 is 2.09 bits per heavy atom. The molecular weight excluding hydrogens is 308 g/mol. The highest BCUT2D eigenvalue weighted by molar-refractivity contribution is 6.31. The van der Waals surface area contributed by atoms with Crippen molar-refractivity contribution in [2.75, 3.05) is 29.8 Å². The average Bonchev–Trinajstić information content (AvgIpc) is 2.48. The number of hydrogen-bond donors (Lipinski definition) is 2. The van der Waals surface area contributed by atoms with Crippen LogP contribution in [-0.2, 0) is 9.53 Å². The Morgan fingerprint density at radius 3 is 2.68 bits per heavy atom. The molecule has 0 saturated carbocycles. The van der Waals surface area contributed by atoms with Crippen LogP contribution in [0.3, 0.4) is 0 Å². The van der Waals surface area contributed by atoms with Crippen LogP contribution in [0.15, 0.2) is 18.2 Å². The van der Waals surface area contributed by atoms with E-state index in [4.69, 9.17) is 16.3 Å². The van der Waals surface area contributed by atoms with Crippen LogP contribution in [0.25, 0.3) is 0 Å². The van der Waals surface area contributed by atoms with Gasteiger partial charge in [-0.1, -0.05) is 11.6 Å². The zero-order valence-electron chi connectivity index (χ0n) is 12.5. The van der Waals surface area contributed by atoms with Crippen LogP contribution in [0.5, 0.6) is 0 Å². The maximum Gasteiger partial charge on any atom is 0.306 e. The Morgan fingerprint density at radius 1 is 1.41 bits per heavy atom. The van der Waals surface area contributed by atoms with Gasteiger partial charge in [-0.25, -0.2) is 0 Å². The lowest BCUT2D eigenvalue weighted by molar-refractivity contribution is -0.144. The summed E-state index contributed by atoms with van der Waals surface area (Å²) in [6.45, 7) is 3.70. The van der Waals surface area contributed by atoms with Gasteiger partial charge in [0.2, 0.25) is 0 Å². The van der Waals surface area contributed by atoms with Gasteiger partial charge < -0.3 is 9.64 Å². The summed E-state index contributed by atoms with van der Waals surface area (Å²) in [5.74, 6) is 0.162. The number of hydrogen-bond acceptors (Lipinski definition) is 6. The van der Waals surface area contributed by atoms with E-state index in [9.17, 15) is 15.2 Å². The lowest BCUT2D eigenvalue weighted by Gasteiger charge is -2.34. The van der Waals surface area contributed by atoms with E-state index in [0.29, 0.717) is 29.7 Å². The summed E-state index contributed by atoms with van der Waals surface area (Å²) in [7, 11) is 0. The first-order chi connectivity index (χ1) is 10.5. The number of carbonyl (C=O) groups is 1. The highest BCUT2D eigenvalue weighted by Gasteiger charge is 2.24. The van der Waals surface area contributed by atoms with E-state index in [2.05, 4.69) is 4.90 Å². The fourth-order valence-corrected chi connectivity index (χ4v) is 2.92. The van der Waals surface area contributed by atoms with E-state index >= 15 is 0 Å². The normalized spacial score (nSPS) is 15.7. The second-order valence-corrected chi connectivity index (χ2v) is 5.80. The molecule has 2 N–H and O–H groups in total. The number of benzene rings is 1. The predicted octanol–water partition coefficient (Wildman–Crippen LogP) is 3.09. The molecule has 1 fully saturated rings. The van der Waals surface area contributed by atoms with Crippen LogP contribution in [0.1, 0.15) is 26.2 Å². The zero-order chi connectivity index (χ0) is 16.1. The Hall–Kier alpha value is -1.50. The first kappa shape index (κ1) is 16.9. The minimum atomic E-state index is -0.148. The molecule has 0 radical (unpaired) electrons. The van der Waals surface area contributed by atoms with E-state index in [1.165, 1.54) is 6.07 Å². The van der Waals surface area contributed by atoms with Crippen molar-refractivity contribution in [1.29, 1.82) is 0 Å². The third-order valence-corrected chi connectivity index (χ3v) is 4.10. The molecule has 0 spiro atoms. The molecule has 6 nitrogen and oxygen atoms in total. The van der Waals surface area contributed by atoms with Crippen LogP contribution in [0.2, 0.25) is 5.02 Å². The fourth-order valence-electron chi connectivity index (χ4n) is 2.76. The maximum atomic E-state index is 11.5. The molecule has 7 heteroatoms. The van der Waals surface area contributed by atoms with Gasteiger partial charge >= 0.3 is 5.97 Å². The lowest BCUT2D eigenvalue weighted by atomic mass is 9.93. The van der Waals surface area contributed by atoms with Crippen LogP contribution in [0.4, 0.5) is 11.4 Å². The third-order valence-electron chi connectivity index (χ3n) is 3.87. The molecule has 2 rings (SSSR count). The van der Waals surface area contributed by atoms with Gasteiger partial charge in [0.05, 0.1) is 12.3 Å². The van der Waals surface area contributed by atoms with Gasteiger partial charge in [-0.05, 0) is 43.9 Å². The highest BCUT2D eigenvalue weighted by Crippen LogP contribution is 2.34. The van der Waals surface area contributed by atoms with Crippen LogP contribution >= 0.6 is 11.6 Å². The van der Waals surface area contributed by atoms with Crippen molar-refractivity contribution in [3.8, 4) is 0 Å². The maximum absolute atomic E-state index is 11.5. The molecule has 0 amide bonds. The lowest BCUT2D eigenvalue weighted by Crippen LogP contribution is -2.35. The average molecular weight is 329 g/mol. The molecule has 1 aromatic carbocycles. The van der Waals surface area contributed by atoms with Crippen LogP contribution in [0, 0.1) is 5.92 Å². The second-order valence-electron chi connectivity index (χ2n) is 5.36. The largest absolute Gasteiger partial charge is 0.466 e. The van der Waals surface area contributed by atoms with Gasteiger partial charge in [-0.2, -0.15) is 0 Å². The molecule has 0 atom stereocenters. The van der Waals surface area contributed by atoms with Crippen molar-refractivity contribution in [3.05, 3.63) is 23.2 Å². The summed E-state index contributed by atoms with van der Waals surface area (Å²) < 4.78 is 4.98. The highest BCUT2D eigenvalue weighted by atomic mass is 35.5. The Labute approximate surface area is 134 Å². The molecule has 1 aliphatic rings. The summed E-state index contributed by atoms with van der Waals surface area (Å²) in [6, 6.07) is 4.99. The van der Waals surface area contributed by atoms with Crippen molar-refractivity contribution in [2.45, 2.75) is 26.2 Å². The van der Waals surface area contributed by atoms with Crippen molar-refractivity contribution in [1.82, 2.24) is 0 Å². The first-order valence-electron chi connectivity index (χ1n) is 7.39. The number of esters is 1. The molecule has 0 bridgehead atoms. The Balaban J connectivity index is 1.98. The van der Waals surface area contributed by atoms with E-state index in [-0.39, 0.29) is 16.9 Å². The van der Waals surface area contributed by atoms with Crippen molar-refractivity contribution >= 4 is 28.9 Å². The smallest absolute Gasteiger partial charge is 0.306 e. The van der Waals surface area contributed by atoms with Gasteiger partial charge in [-0.3, -0.25) is 15.2 Å². The Kier molecular flexibility index (Phi) is 5.88. The molecular formula is C15H21ClN2O4. The number of anilines is 2. The molecule has 122 valence electrons. The number of ether oxygens (including phenoxy) is 1. The van der Waals surface area contributed by atoms with E-state index in [1.54, 1.807) is 19.1 Å². The summed E-state index contributed by atoms with van der Waals surface area (Å²) in [4.78, 5) is 13.6. The number of carbonyl (C=O) groups excluding carboxylic acids is 1. The monoisotopic (exact) mass is 328 g/mol. The van der Waals surface area contributed by atoms with Crippen LogP contribution < -0.4 is 10.1 Å². The van der Waals surface area contributed by atoms with E-state index in [1.807, 2.05) is 0 Å². The van der Waals surface area contributed by atoms with Crippen molar-refractivity contribution < 1.29 is 19.9 Å². The van der Waals surface area contributed by atoms with E-state index in [0.717, 1.165) is 25.9 Å². The predicted molar refractivity (Wildman–Crippen MR) is 83.7 cm³/mol. The molecule has 1 heterocycles. The molecule has 1 aromatic rings. The van der Waals surface area contributed by atoms with Gasteiger partial charge in [0.15, 0.2) is 0 Å². The molecule has 22 heavy (non-hydrogen) atoms. The van der Waals surface area contributed by atoms with Gasteiger partial charge in [0.25, 0.3) is 0 Å². The number of halogens is 1. The van der Waals surface area contributed by atoms with Gasteiger partial charge in [-0.15, -0.1) is 5.23 Å². The fraction of sp³-hybridized carbons (Fsp3) is 0.533. The SMILES string of the molecule is CCOC(=O)CC1CCN(c2ccc(Cl)cc2N(O)O)CC1. The quantitative estimate of drug-likeness (QED) is 0.639. The molecule has 1 aliphatic heterocycles. The summed E-state index contributed by atoms with van der Waals surface area (Å²) in [6.07, 6.45) is 2.16. The van der Waals surface area contributed by atoms with E-state index < -0.39 is 0 Å². The minimum Gasteiger partial charge on any atom is -0.466 e. The zero-order valence-corrected chi connectivity index (χ0v) is 13.3. The molecule has 0 aliphatic carbocycles. The van der Waals surface area contributed by atoms with Gasteiger partial charge in [0, 0.05) is 24.5 Å². The molecule has 0 aromatic heterocycles. The van der Waals surface area contributed by atoms with Crippen molar-refractivity contribution in [3.63, 3.8) is 0 Å². The molecule has 0 unspecified atom stereocenters. The van der Waals surface area contributed by atoms with Crippen molar-refractivity contribution in [2.24, 2.45) is 5.92 Å². The topological polar surface area (TPSA) is 73.2 Å². The van der Waals surface area contributed by atoms with Gasteiger partial charge in [0.1, 0.15) is 5.69 Å². The summed E-state index contributed by atoms with van der Waals surface area (Å²) >= 11 is 5.89. The van der Waals surface area contributed by atoms with Crippen LogP contribution in [-0.4, -0.2) is 36.1 Å². The molecule has 1 saturated heterocycles. The number of piperidine rings is 1. The Bertz CT molecular complexity index is 516. The summed E-state index contributed by atoms with van der Waals surface area (Å²) in [5, 5.41) is 19.2. The minimum absolute atomic E-state index is 0.0892.